The van der Waals surface area contributed by atoms with Crippen molar-refractivity contribution in [3.05, 3.63) is 131 Å². The molecule has 6 rings (SSSR count). The zero-order valence-corrected chi connectivity index (χ0v) is 23.1. The van der Waals surface area contributed by atoms with Gasteiger partial charge in [0.1, 0.15) is 11.6 Å². The lowest BCUT2D eigenvalue weighted by atomic mass is 9.73. The Labute approximate surface area is 240 Å². The van der Waals surface area contributed by atoms with E-state index in [0.717, 1.165) is 41.0 Å². The molecule has 0 fully saturated rings. The highest BCUT2D eigenvalue weighted by molar-refractivity contribution is 5.97. The van der Waals surface area contributed by atoms with Crippen LogP contribution in [0, 0.1) is 11.3 Å². The van der Waals surface area contributed by atoms with E-state index < -0.39 is 5.97 Å². The molecule has 0 saturated carbocycles. The summed E-state index contributed by atoms with van der Waals surface area (Å²) in [6.45, 7) is 4.43. The Bertz CT molecular complexity index is 1860. The van der Waals surface area contributed by atoms with Crippen LogP contribution in [0.25, 0.3) is 28.0 Å². The lowest BCUT2D eigenvalue weighted by Crippen LogP contribution is -2.23. The summed E-state index contributed by atoms with van der Waals surface area (Å²) in [5.74, 6) is -1.21. The molecule has 0 bridgehead atoms. The molecule has 41 heavy (non-hydrogen) atoms. The molecule has 200 valence electrons. The Morgan fingerprint density at radius 2 is 1.37 bits per heavy atom. The third-order valence-corrected chi connectivity index (χ3v) is 8.50. The van der Waals surface area contributed by atoms with E-state index in [2.05, 4.69) is 116 Å². The average Bonchev–Trinajstić information content (AvgIpc) is 3.29. The predicted molar refractivity (Wildman–Crippen MR) is 167 cm³/mol. The van der Waals surface area contributed by atoms with Crippen molar-refractivity contribution in [1.29, 1.82) is 5.26 Å². The molecule has 0 aromatic heterocycles. The van der Waals surface area contributed by atoms with Gasteiger partial charge in [-0.15, -0.1) is 0 Å². The number of nitrogens with zero attached hydrogens (tertiary/aromatic N) is 2. The molecule has 0 aliphatic heterocycles. The molecule has 0 radical (unpaired) electrons. The molecule has 5 aromatic rings. The summed E-state index contributed by atoms with van der Waals surface area (Å²) >= 11 is 0. The van der Waals surface area contributed by atoms with Crippen molar-refractivity contribution in [2.45, 2.75) is 32.1 Å². The van der Waals surface area contributed by atoms with Gasteiger partial charge >= 0.3 is 5.97 Å². The Morgan fingerprint density at radius 3 is 2.05 bits per heavy atom. The fraction of sp³-hybridized carbons (Fsp3) is 0.135. The maximum atomic E-state index is 11.5. The average molecular weight is 535 g/mol. The van der Waals surface area contributed by atoms with Crippen molar-refractivity contribution in [3.63, 3.8) is 0 Å². The van der Waals surface area contributed by atoms with Crippen LogP contribution >= 0.6 is 0 Å². The second-order valence-electron chi connectivity index (χ2n) is 10.5. The number of anilines is 3. The molecular weight excluding hydrogens is 504 g/mol. The first-order valence-corrected chi connectivity index (χ1v) is 14.0. The van der Waals surface area contributed by atoms with Gasteiger partial charge in [-0.1, -0.05) is 86.6 Å². The summed E-state index contributed by atoms with van der Waals surface area (Å²) in [5.41, 5.74) is 8.32. The van der Waals surface area contributed by atoms with Gasteiger partial charge in [0.15, 0.2) is 0 Å². The highest BCUT2D eigenvalue weighted by atomic mass is 16.4. The smallest absolute Gasteiger partial charge is 0.346 e. The topological polar surface area (TPSA) is 64.3 Å². The molecular formula is C37H30N2O2. The minimum absolute atomic E-state index is 0.230. The van der Waals surface area contributed by atoms with Crippen LogP contribution in [0.5, 0.6) is 0 Å². The van der Waals surface area contributed by atoms with Crippen LogP contribution in [0.1, 0.15) is 43.4 Å². The van der Waals surface area contributed by atoms with Crippen molar-refractivity contribution >= 4 is 39.9 Å². The van der Waals surface area contributed by atoms with E-state index in [4.69, 9.17) is 0 Å². The zero-order chi connectivity index (χ0) is 28.6. The first-order valence-electron chi connectivity index (χ1n) is 14.0. The minimum Gasteiger partial charge on any atom is -0.477 e. The van der Waals surface area contributed by atoms with Crippen LogP contribution in [0.3, 0.4) is 0 Å². The van der Waals surface area contributed by atoms with E-state index in [-0.39, 0.29) is 11.0 Å². The molecule has 0 spiro atoms. The number of rotatable bonds is 7. The molecule has 0 amide bonds. The molecule has 1 aliphatic carbocycles. The van der Waals surface area contributed by atoms with Crippen LogP contribution in [-0.4, -0.2) is 11.1 Å². The van der Waals surface area contributed by atoms with Gasteiger partial charge in [-0.05, 0) is 93.9 Å². The number of carboxylic acid groups (broad SMARTS) is 1. The summed E-state index contributed by atoms with van der Waals surface area (Å²) in [4.78, 5) is 13.8. The SMILES string of the molecule is CCC1(CC)c2cc(C=C(C#N)C(=O)O)ccc2-c2ccc(N(c3ccccc3)c3ccc4ccccc4c3)cc21. The normalized spacial score (nSPS) is 13.3. The van der Waals surface area contributed by atoms with Crippen LogP contribution in [0.15, 0.2) is 115 Å². The quantitative estimate of drug-likeness (QED) is 0.167. The minimum atomic E-state index is -1.21. The summed E-state index contributed by atoms with van der Waals surface area (Å²) in [6.07, 6.45) is 3.25. The second-order valence-corrected chi connectivity index (χ2v) is 10.5. The van der Waals surface area contributed by atoms with Gasteiger partial charge in [0.2, 0.25) is 0 Å². The van der Waals surface area contributed by atoms with Gasteiger partial charge in [-0.3, -0.25) is 0 Å². The van der Waals surface area contributed by atoms with E-state index in [1.165, 1.54) is 33.5 Å². The van der Waals surface area contributed by atoms with E-state index in [9.17, 15) is 15.2 Å². The maximum absolute atomic E-state index is 11.5. The summed E-state index contributed by atoms with van der Waals surface area (Å²) in [7, 11) is 0. The van der Waals surface area contributed by atoms with Gasteiger partial charge in [0.05, 0.1) is 0 Å². The molecule has 0 atom stereocenters. The van der Waals surface area contributed by atoms with Crippen molar-refractivity contribution in [1.82, 2.24) is 0 Å². The molecule has 4 heteroatoms. The number of nitriles is 1. The van der Waals surface area contributed by atoms with Crippen LogP contribution in [0.2, 0.25) is 0 Å². The summed E-state index contributed by atoms with van der Waals surface area (Å²) in [6, 6.07) is 40.0. The number of benzene rings is 5. The molecule has 1 aliphatic rings. The van der Waals surface area contributed by atoms with Crippen molar-refractivity contribution in [3.8, 4) is 17.2 Å². The standard InChI is InChI=1S/C37H30N2O2/c1-3-37(4-2)34-21-25(20-28(24-38)36(40)41)14-18-32(34)33-19-17-31(23-35(33)37)39(29-12-6-5-7-13-29)30-16-15-26-10-8-9-11-27(26)22-30/h5-23H,3-4H2,1-2H3,(H,40,41). The maximum Gasteiger partial charge on any atom is 0.346 e. The first kappa shape index (κ1) is 26.1. The van der Waals surface area contributed by atoms with Gasteiger partial charge in [0, 0.05) is 22.5 Å². The number of carbonyl (C=O) groups is 1. The largest absolute Gasteiger partial charge is 0.477 e. The van der Waals surface area contributed by atoms with Gasteiger partial charge in [-0.25, -0.2) is 4.79 Å². The summed E-state index contributed by atoms with van der Waals surface area (Å²) < 4.78 is 0. The highest BCUT2D eigenvalue weighted by Gasteiger charge is 2.41. The van der Waals surface area contributed by atoms with E-state index in [1.54, 1.807) is 6.07 Å². The predicted octanol–water partition coefficient (Wildman–Crippen LogP) is 9.39. The molecule has 4 nitrogen and oxygen atoms in total. The Hall–Kier alpha value is -5.14. The number of carboxylic acids is 1. The molecule has 0 unspecified atom stereocenters. The number of hydrogen-bond donors (Lipinski definition) is 1. The Morgan fingerprint density at radius 1 is 0.756 bits per heavy atom. The van der Waals surface area contributed by atoms with Gasteiger partial charge in [-0.2, -0.15) is 5.26 Å². The number of para-hydroxylation sites is 1. The second kappa shape index (κ2) is 10.4. The highest BCUT2D eigenvalue weighted by Crippen LogP contribution is 2.54. The van der Waals surface area contributed by atoms with E-state index >= 15 is 0 Å². The Balaban J connectivity index is 1.52. The fourth-order valence-corrected chi connectivity index (χ4v) is 6.39. The lowest BCUT2D eigenvalue weighted by molar-refractivity contribution is -0.132. The number of aliphatic carboxylic acids is 1. The van der Waals surface area contributed by atoms with E-state index in [1.807, 2.05) is 12.1 Å². The third kappa shape index (κ3) is 4.37. The van der Waals surface area contributed by atoms with Crippen LogP contribution < -0.4 is 4.90 Å². The molecule has 0 saturated heterocycles. The monoisotopic (exact) mass is 534 g/mol. The van der Waals surface area contributed by atoms with Crippen LogP contribution in [-0.2, 0) is 10.2 Å². The third-order valence-electron chi connectivity index (χ3n) is 8.50. The van der Waals surface area contributed by atoms with Crippen molar-refractivity contribution in [2.75, 3.05) is 4.90 Å². The molecule has 5 aromatic carbocycles. The molecule has 1 N–H and O–H groups in total. The van der Waals surface area contributed by atoms with Crippen LogP contribution in [0.4, 0.5) is 17.1 Å². The molecule has 0 heterocycles. The van der Waals surface area contributed by atoms with Gasteiger partial charge < -0.3 is 10.0 Å². The Kier molecular flexibility index (Phi) is 6.65. The fourth-order valence-electron chi connectivity index (χ4n) is 6.39. The van der Waals surface area contributed by atoms with Crippen molar-refractivity contribution < 1.29 is 9.90 Å². The van der Waals surface area contributed by atoms with Crippen molar-refractivity contribution in [2.24, 2.45) is 0 Å². The number of fused-ring (bicyclic) bond motifs is 4. The lowest BCUT2D eigenvalue weighted by Gasteiger charge is -2.32. The van der Waals surface area contributed by atoms with Gasteiger partial charge in [0.25, 0.3) is 0 Å². The first-order chi connectivity index (χ1) is 20.0. The zero-order valence-electron chi connectivity index (χ0n) is 23.1. The summed E-state index contributed by atoms with van der Waals surface area (Å²) in [5, 5.41) is 21.1. The number of hydrogen-bond acceptors (Lipinski definition) is 3. The van der Waals surface area contributed by atoms with E-state index in [0.29, 0.717) is 0 Å².